The molecule has 0 aliphatic carbocycles. The second kappa shape index (κ2) is 8.05. The molecule has 34 heavy (non-hydrogen) atoms. The summed E-state index contributed by atoms with van der Waals surface area (Å²) in [5.74, 6) is 1.05. The molecule has 4 heterocycles. The van der Waals surface area contributed by atoms with E-state index < -0.39 is 0 Å². The Labute approximate surface area is 201 Å². The number of fused-ring (bicyclic) bond motifs is 3. The largest absolute Gasteiger partial charge is 0.317 e. The Kier molecular flexibility index (Phi) is 4.71. The molecular weight excluding hydrogens is 436 g/mol. The molecule has 1 aliphatic rings. The fraction of sp³-hybridized carbons (Fsp3) is 0.172. The van der Waals surface area contributed by atoms with Crippen molar-refractivity contribution in [3.05, 3.63) is 85.1 Å². The summed E-state index contributed by atoms with van der Waals surface area (Å²) in [7, 11) is 0. The van der Waals surface area contributed by atoms with Crippen LogP contribution in [-0.4, -0.2) is 27.6 Å². The van der Waals surface area contributed by atoms with Crippen LogP contribution in [0.5, 0.6) is 0 Å². The van der Waals surface area contributed by atoms with E-state index in [0.717, 1.165) is 48.5 Å². The zero-order valence-electron chi connectivity index (χ0n) is 18.7. The third-order valence-electron chi connectivity index (χ3n) is 6.93. The molecule has 1 aliphatic heterocycles. The van der Waals surface area contributed by atoms with E-state index in [1.165, 1.54) is 31.3 Å². The Morgan fingerprint density at radius 1 is 0.794 bits per heavy atom. The van der Waals surface area contributed by atoms with Crippen LogP contribution in [0, 0.1) is 0 Å². The quantitative estimate of drug-likeness (QED) is 0.307. The lowest BCUT2D eigenvalue weighted by atomic mass is 10.0. The first-order valence-electron chi connectivity index (χ1n) is 11.9. The summed E-state index contributed by atoms with van der Waals surface area (Å²) >= 11 is 1.82. The number of aromatic nitrogens is 3. The van der Waals surface area contributed by atoms with Gasteiger partial charge < -0.3 is 9.88 Å². The Hall–Kier alpha value is -3.54. The van der Waals surface area contributed by atoms with Gasteiger partial charge in [-0.3, -0.25) is 0 Å². The maximum absolute atomic E-state index is 5.19. The van der Waals surface area contributed by atoms with Gasteiger partial charge in [0.05, 0.1) is 4.88 Å². The van der Waals surface area contributed by atoms with Crippen molar-refractivity contribution in [1.29, 1.82) is 0 Å². The summed E-state index contributed by atoms with van der Waals surface area (Å²) in [5.41, 5.74) is 4.24. The average molecular weight is 461 g/mol. The van der Waals surface area contributed by atoms with E-state index in [1.54, 1.807) is 0 Å². The standard InChI is InChI=1S/C29H24N4S/c1-2-6-20-15-21(10-9-19(20)5-1)23-16-25-28(31-18-23)33(24-11-13-30-14-12-24)29(32-25)27-17-22-7-3-4-8-26(22)34-27/h1-10,15-18,24,30H,11-14H2. The van der Waals surface area contributed by atoms with Gasteiger partial charge in [-0.15, -0.1) is 11.3 Å². The van der Waals surface area contributed by atoms with Crippen molar-refractivity contribution in [3.8, 4) is 21.8 Å². The first-order chi connectivity index (χ1) is 16.8. The van der Waals surface area contributed by atoms with Gasteiger partial charge in [0, 0.05) is 22.5 Å². The highest BCUT2D eigenvalue weighted by Gasteiger charge is 2.24. The zero-order chi connectivity index (χ0) is 22.5. The SMILES string of the molecule is c1ccc2cc(-c3cnc4c(c3)nc(-c3cc5ccccc5s3)n4C3CCNCC3)ccc2c1. The summed E-state index contributed by atoms with van der Waals surface area (Å²) in [4.78, 5) is 11.4. The monoisotopic (exact) mass is 460 g/mol. The molecule has 0 spiro atoms. The van der Waals surface area contributed by atoms with Crippen molar-refractivity contribution in [2.24, 2.45) is 0 Å². The van der Waals surface area contributed by atoms with Crippen molar-refractivity contribution in [2.45, 2.75) is 18.9 Å². The van der Waals surface area contributed by atoms with Crippen LogP contribution in [-0.2, 0) is 0 Å². The second-order valence-electron chi connectivity index (χ2n) is 9.06. The summed E-state index contributed by atoms with van der Waals surface area (Å²) in [5, 5.41) is 7.27. The van der Waals surface area contributed by atoms with Crippen molar-refractivity contribution >= 4 is 43.4 Å². The Morgan fingerprint density at radius 3 is 2.44 bits per heavy atom. The number of rotatable bonds is 3. The van der Waals surface area contributed by atoms with Crippen LogP contribution in [0.2, 0.25) is 0 Å². The van der Waals surface area contributed by atoms with Gasteiger partial charge in [-0.1, -0.05) is 54.6 Å². The normalized spacial score (nSPS) is 14.9. The van der Waals surface area contributed by atoms with E-state index in [9.17, 15) is 0 Å². The van der Waals surface area contributed by atoms with E-state index in [-0.39, 0.29) is 0 Å². The predicted molar refractivity (Wildman–Crippen MR) is 142 cm³/mol. The van der Waals surface area contributed by atoms with Gasteiger partial charge >= 0.3 is 0 Å². The minimum Gasteiger partial charge on any atom is -0.317 e. The number of hydrogen-bond acceptors (Lipinski definition) is 4. The third-order valence-corrected chi connectivity index (χ3v) is 8.04. The molecule has 1 N–H and O–H groups in total. The highest BCUT2D eigenvalue weighted by atomic mass is 32.1. The van der Waals surface area contributed by atoms with Crippen LogP contribution < -0.4 is 5.32 Å². The average Bonchev–Trinajstić information content (AvgIpc) is 3.50. The summed E-state index contributed by atoms with van der Waals surface area (Å²) in [6, 6.07) is 28.6. The number of nitrogens with zero attached hydrogens (tertiary/aromatic N) is 3. The molecule has 0 amide bonds. The number of piperidine rings is 1. The molecule has 0 bridgehead atoms. The maximum Gasteiger partial charge on any atom is 0.160 e. The van der Waals surface area contributed by atoms with Crippen molar-refractivity contribution < 1.29 is 0 Å². The van der Waals surface area contributed by atoms with Crippen LogP contribution in [0.4, 0.5) is 0 Å². The third kappa shape index (κ3) is 3.31. The fourth-order valence-electron chi connectivity index (χ4n) is 5.19. The summed E-state index contributed by atoms with van der Waals surface area (Å²) < 4.78 is 3.71. The molecule has 3 aromatic carbocycles. The first-order valence-corrected chi connectivity index (χ1v) is 12.7. The number of hydrogen-bond donors (Lipinski definition) is 1. The van der Waals surface area contributed by atoms with Crippen LogP contribution in [0.1, 0.15) is 18.9 Å². The highest BCUT2D eigenvalue weighted by molar-refractivity contribution is 7.22. The van der Waals surface area contributed by atoms with Crippen LogP contribution >= 0.6 is 11.3 Å². The lowest BCUT2D eigenvalue weighted by molar-refractivity contribution is 0.376. The number of thiophene rings is 1. The number of nitrogens with one attached hydrogen (secondary N) is 1. The minimum atomic E-state index is 0.408. The molecule has 4 nitrogen and oxygen atoms in total. The highest BCUT2D eigenvalue weighted by Crippen LogP contribution is 2.38. The fourth-order valence-corrected chi connectivity index (χ4v) is 6.24. The second-order valence-corrected chi connectivity index (χ2v) is 10.1. The van der Waals surface area contributed by atoms with Gasteiger partial charge in [-0.25, -0.2) is 9.97 Å². The van der Waals surface area contributed by atoms with Crippen LogP contribution in [0.15, 0.2) is 85.1 Å². The van der Waals surface area contributed by atoms with Crippen LogP contribution in [0.25, 0.3) is 53.9 Å². The van der Waals surface area contributed by atoms with E-state index in [0.29, 0.717) is 6.04 Å². The van der Waals surface area contributed by atoms with Gasteiger partial charge in [0.1, 0.15) is 5.52 Å². The topological polar surface area (TPSA) is 42.7 Å². The lowest BCUT2D eigenvalue weighted by Gasteiger charge is -2.25. The molecule has 6 aromatic rings. The molecule has 0 saturated carbocycles. The summed E-state index contributed by atoms with van der Waals surface area (Å²) in [6.07, 6.45) is 4.20. The molecule has 0 radical (unpaired) electrons. The van der Waals surface area contributed by atoms with Gasteiger partial charge in [0.2, 0.25) is 0 Å². The number of pyridine rings is 1. The Bertz CT molecular complexity index is 1620. The molecular formula is C29H24N4S. The first kappa shape index (κ1) is 19.9. The molecule has 3 aromatic heterocycles. The molecule has 1 fully saturated rings. The molecule has 166 valence electrons. The molecule has 0 atom stereocenters. The minimum absolute atomic E-state index is 0.408. The molecule has 7 rings (SSSR count). The molecule has 1 saturated heterocycles. The molecule has 0 unspecified atom stereocenters. The van der Waals surface area contributed by atoms with Gasteiger partial charge in [0.25, 0.3) is 0 Å². The predicted octanol–water partition coefficient (Wildman–Crippen LogP) is 7.06. The van der Waals surface area contributed by atoms with E-state index in [4.69, 9.17) is 9.97 Å². The van der Waals surface area contributed by atoms with Gasteiger partial charge in [-0.05, 0) is 71.9 Å². The van der Waals surface area contributed by atoms with Crippen molar-refractivity contribution in [1.82, 2.24) is 19.9 Å². The van der Waals surface area contributed by atoms with Crippen molar-refractivity contribution in [2.75, 3.05) is 13.1 Å². The maximum atomic E-state index is 5.19. The zero-order valence-corrected chi connectivity index (χ0v) is 19.6. The van der Waals surface area contributed by atoms with E-state index >= 15 is 0 Å². The lowest BCUT2D eigenvalue weighted by Crippen LogP contribution is -2.29. The van der Waals surface area contributed by atoms with E-state index in [1.807, 2.05) is 17.5 Å². The number of imidazole rings is 1. The smallest absolute Gasteiger partial charge is 0.160 e. The number of benzene rings is 3. The van der Waals surface area contributed by atoms with E-state index in [2.05, 4.69) is 88.7 Å². The Morgan fingerprint density at radius 2 is 1.59 bits per heavy atom. The van der Waals surface area contributed by atoms with Gasteiger partial charge in [-0.2, -0.15) is 0 Å². The molecule has 5 heteroatoms. The summed E-state index contributed by atoms with van der Waals surface area (Å²) in [6.45, 7) is 2.07. The van der Waals surface area contributed by atoms with Crippen molar-refractivity contribution in [3.63, 3.8) is 0 Å². The van der Waals surface area contributed by atoms with Gasteiger partial charge in [0.15, 0.2) is 11.5 Å². The van der Waals surface area contributed by atoms with Crippen LogP contribution in [0.3, 0.4) is 0 Å². The Balaban J connectivity index is 1.40.